The summed E-state index contributed by atoms with van der Waals surface area (Å²) in [6.07, 6.45) is 3.49. The fourth-order valence-electron chi connectivity index (χ4n) is 3.01. The van der Waals surface area contributed by atoms with Gasteiger partial charge in [0.05, 0.1) is 0 Å². The average molecular weight is 275 g/mol. The highest BCUT2D eigenvalue weighted by Crippen LogP contribution is 2.30. The molecular weight excluding hydrogens is 242 g/mol. The van der Waals surface area contributed by atoms with E-state index in [9.17, 15) is 0 Å². The van der Waals surface area contributed by atoms with E-state index in [1.165, 1.54) is 24.0 Å². The van der Waals surface area contributed by atoms with Crippen molar-refractivity contribution in [3.63, 3.8) is 0 Å². The summed E-state index contributed by atoms with van der Waals surface area (Å²) < 4.78 is 0. The van der Waals surface area contributed by atoms with Crippen molar-refractivity contribution in [2.75, 3.05) is 0 Å². The molecule has 0 spiro atoms. The second-order valence-corrected chi connectivity index (χ2v) is 7.69. The minimum atomic E-state index is 0.165. The number of benzene rings is 1. The molecule has 0 aliphatic heterocycles. The Labute approximate surface area is 126 Å². The molecule has 0 saturated heterocycles. The van der Waals surface area contributed by atoms with Crippen LogP contribution in [0.15, 0.2) is 24.3 Å². The molecule has 1 heteroatoms. The Kier molecular flexibility index (Phi) is 6.26. The van der Waals surface area contributed by atoms with Gasteiger partial charge >= 0.3 is 0 Å². The normalized spacial score (nSPS) is 16.8. The molecule has 0 amide bonds. The van der Waals surface area contributed by atoms with Gasteiger partial charge in [-0.15, -0.1) is 0 Å². The third-order valence-corrected chi connectivity index (χ3v) is 4.16. The summed E-state index contributed by atoms with van der Waals surface area (Å²) in [5.74, 6) is 1.30. The molecule has 0 aliphatic carbocycles. The Hall–Kier alpha value is -0.820. The molecule has 0 radical (unpaired) electrons. The molecule has 1 nitrogen and oxygen atoms in total. The van der Waals surface area contributed by atoms with Gasteiger partial charge in [-0.3, -0.25) is 0 Å². The molecule has 3 atom stereocenters. The predicted molar refractivity (Wildman–Crippen MR) is 89.9 cm³/mol. The Bertz CT molecular complexity index is 385. The van der Waals surface area contributed by atoms with Crippen molar-refractivity contribution in [1.29, 1.82) is 0 Å². The molecule has 1 rings (SSSR count). The van der Waals surface area contributed by atoms with E-state index in [1.807, 2.05) is 0 Å². The summed E-state index contributed by atoms with van der Waals surface area (Å²) in [6, 6.07) is 9.10. The first-order valence-electron chi connectivity index (χ1n) is 8.08. The lowest BCUT2D eigenvalue weighted by atomic mass is 9.82. The predicted octanol–water partition coefficient (Wildman–Crippen LogP) is 5.66. The van der Waals surface area contributed by atoms with Crippen molar-refractivity contribution in [2.24, 2.45) is 17.1 Å². The lowest BCUT2D eigenvalue weighted by molar-refractivity contribution is 0.286. The standard InChI is InChI=1S/C19H33N/c1-7-15(3)16-8-10-17(11-9-16)18(20)12-14(2)13-19(4,5)6/h8-11,14-15,18H,7,12-13,20H2,1-6H3. The molecule has 1 aromatic rings. The second kappa shape index (κ2) is 7.26. The summed E-state index contributed by atoms with van der Waals surface area (Å²) in [5.41, 5.74) is 9.46. The van der Waals surface area contributed by atoms with Crippen LogP contribution in [0.4, 0.5) is 0 Å². The van der Waals surface area contributed by atoms with Gasteiger partial charge in [-0.05, 0) is 47.6 Å². The van der Waals surface area contributed by atoms with Gasteiger partial charge in [0.2, 0.25) is 0 Å². The van der Waals surface area contributed by atoms with Crippen LogP contribution in [0.3, 0.4) is 0 Å². The minimum absolute atomic E-state index is 0.165. The van der Waals surface area contributed by atoms with Crippen LogP contribution in [0.2, 0.25) is 0 Å². The molecule has 20 heavy (non-hydrogen) atoms. The highest BCUT2D eigenvalue weighted by Gasteiger charge is 2.18. The van der Waals surface area contributed by atoms with Gasteiger partial charge in [-0.25, -0.2) is 0 Å². The van der Waals surface area contributed by atoms with E-state index in [2.05, 4.69) is 65.8 Å². The maximum Gasteiger partial charge on any atom is 0.0297 e. The van der Waals surface area contributed by atoms with E-state index < -0.39 is 0 Å². The maximum absolute atomic E-state index is 6.37. The van der Waals surface area contributed by atoms with E-state index in [0.29, 0.717) is 17.3 Å². The van der Waals surface area contributed by atoms with Gasteiger partial charge in [0.1, 0.15) is 0 Å². The summed E-state index contributed by atoms with van der Waals surface area (Å²) in [4.78, 5) is 0. The van der Waals surface area contributed by atoms with Gasteiger partial charge in [-0.2, -0.15) is 0 Å². The Morgan fingerprint density at radius 3 is 1.95 bits per heavy atom. The van der Waals surface area contributed by atoms with E-state index in [0.717, 1.165) is 6.42 Å². The fraction of sp³-hybridized carbons (Fsp3) is 0.684. The Balaban J connectivity index is 2.61. The largest absolute Gasteiger partial charge is 0.324 e. The van der Waals surface area contributed by atoms with Gasteiger partial charge in [-0.1, -0.05) is 65.8 Å². The zero-order chi connectivity index (χ0) is 15.3. The zero-order valence-electron chi connectivity index (χ0n) is 14.2. The number of nitrogens with two attached hydrogens (primary N) is 1. The van der Waals surface area contributed by atoms with Crippen LogP contribution in [0.5, 0.6) is 0 Å². The molecule has 2 N–H and O–H groups in total. The summed E-state index contributed by atoms with van der Waals surface area (Å²) >= 11 is 0. The van der Waals surface area contributed by atoms with Crippen LogP contribution in [-0.4, -0.2) is 0 Å². The van der Waals surface area contributed by atoms with Crippen LogP contribution < -0.4 is 5.73 Å². The molecule has 0 bridgehead atoms. The Morgan fingerprint density at radius 1 is 1.00 bits per heavy atom. The van der Waals surface area contributed by atoms with E-state index >= 15 is 0 Å². The van der Waals surface area contributed by atoms with Gasteiger partial charge in [0, 0.05) is 6.04 Å². The quantitative estimate of drug-likeness (QED) is 0.712. The van der Waals surface area contributed by atoms with Crippen LogP contribution in [0.1, 0.15) is 83.9 Å². The number of rotatable bonds is 6. The maximum atomic E-state index is 6.37. The van der Waals surface area contributed by atoms with Crippen molar-refractivity contribution in [1.82, 2.24) is 0 Å². The number of hydrogen-bond acceptors (Lipinski definition) is 1. The van der Waals surface area contributed by atoms with E-state index in [1.54, 1.807) is 0 Å². The monoisotopic (exact) mass is 275 g/mol. The second-order valence-electron chi connectivity index (χ2n) is 7.69. The van der Waals surface area contributed by atoms with E-state index in [-0.39, 0.29) is 6.04 Å². The fourth-order valence-corrected chi connectivity index (χ4v) is 3.01. The molecule has 1 aromatic carbocycles. The van der Waals surface area contributed by atoms with Crippen LogP contribution in [0, 0.1) is 11.3 Å². The van der Waals surface area contributed by atoms with E-state index in [4.69, 9.17) is 5.73 Å². The first kappa shape index (κ1) is 17.2. The van der Waals surface area contributed by atoms with Crippen LogP contribution in [-0.2, 0) is 0 Å². The SMILES string of the molecule is CCC(C)c1ccc(C(N)CC(C)CC(C)(C)C)cc1. The third-order valence-electron chi connectivity index (χ3n) is 4.16. The molecule has 0 aromatic heterocycles. The van der Waals surface area contributed by atoms with Gasteiger partial charge in [0.25, 0.3) is 0 Å². The molecule has 0 aliphatic rings. The smallest absolute Gasteiger partial charge is 0.0297 e. The molecule has 0 heterocycles. The summed E-state index contributed by atoms with van der Waals surface area (Å²) in [6.45, 7) is 13.7. The first-order chi connectivity index (χ1) is 9.23. The lowest BCUT2D eigenvalue weighted by Crippen LogP contribution is -2.18. The Morgan fingerprint density at radius 2 is 1.50 bits per heavy atom. The van der Waals surface area contributed by atoms with Crippen molar-refractivity contribution >= 4 is 0 Å². The minimum Gasteiger partial charge on any atom is -0.324 e. The van der Waals surface area contributed by atoms with Gasteiger partial charge in [0.15, 0.2) is 0 Å². The van der Waals surface area contributed by atoms with Crippen molar-refractivity contribution in [3.05, 3.63) is 35.4 Å². The third kappa shape index (κ3) is 5.66. The highest BCUT2D eigenvalue weighted by molar-refractivity contribution is 5.27. The molecule has 3 unspecified atom stereocenters. The van der Waals surface area contributed by atoms with Crippen LogP contribution >= 0.6 is 0 Å². The van der Waals surface area contributed by atoms with Crippen molar-refractivity contribution in [2.45, 2.75) is 72.8 Å². The first-order valence-corrected chi connectivity index (χ1v) is 8.08. The summed E-state index contributed by atoms with van der Waals surface area (Å²) in [7, 11) is 0. The summed E-state index contributed by atoms with van der Waals surface area (Å²) in [5, 5.41) is 0. The van der Waals surface area contributed by atoms with Gasteiger partial charge < -0.3 is 5.73 Å². The molecule has 0 saturated carbocycles. The lowest BCUT2D eigenvalue weighted by Gasteiger charge is -2.25. The zero-order valence-corrected chi connectivity index (χ0v) is 14.2. The number of hydrogen-bond donors (Lipinski definition) is 1. The molecule has 114 valence electrons. The average Bonchev–Trinajstić information content (AvgIpc) is 2.35. The molecule has 0 fully saturated rings. The topological polar surface area (TPSA) is 26.0 Å². The van der Waals surface area contributed by atoms with Crippen LogP contribution in [0.25, 0.3) is 0 Å². The highest BCUT2D eigenvalue weighted by atomic mass is 14.6. The van der Waals surface area contributed by atoms with Crippen molar-refractivity contribution in [3.8, 4) is 0 Å². The molecular formula is C19H33N. The van der Waals surface area contributed by atoms with Crippen molar-refractivity contribution < 1.29 is 0 Å².